The minimum absolute atomic E-state index is 0.0318. The van der Waals surface area contributed by atoms with Crippen molar-refractivity contribution in [2.75, 3.05) is 5.32 Å². The molecule has 3 rings (SSSR count). The average molecular weight is 300 g/mol. The molecular formula is C13H8N4O5. The Hall–Kier alpha value is -3.49. The van der Waals surface area contributed by atoms with Crippen molar-refractivity contribution in [1.82, 2.24) is 15.0 Å². The Morgan fingerprint density at radius 3 is 2.32 bits per heavy atom. The molecular weight excluding hydrogens is 292 g/mol. The molecule has 0 atom stereocenters. The molecule has 0 saturated heterocycles. The number of anilines is 1. The molecule has 0 fully saturated rings. The zero-order valence-corrected chi connectivity index (χ0v) is 10.9. The van der Waals surface area contributed by atoms with E-state index in [9.17, 15) is 19.2 Å². The van der Waals surface area contributed by atoms with E-state index in [1.54, 1.807) is 12.1 Å². The fourth-order valence-corrected chi connectivity index (χ4v) is 1.87. The molecule has 1 aromatic heterocycles. The predicted molar refractivity (Wildman–Crippen MR) is 70.3 cm³/mol. The van der Waals surface area contributed by atoms with Crippen LogP contribution >= 0.6 is 0 Å². The van der Waals surface area contributed by atoms with Gasteiger partial charge in [-0.05, 0) is 12.1 Å². The Balaban J connectivity index is 1.71. The lowest BCUT2D eigenvalue weighted by Gasteiger charge is -2.11. The van der Waals surface area contributed by atoms with Crippen molar-refractivity contribution < 1.29 is 24.0 Å². The summed E-state index contributed by atoms with van der Waals surface area (Å²) in [5, 5.41) is 2.38. The fraction of sp³-hybridized carbons (Fsp3) is 0. The highest BCUT2D eigenvalue weighted by atomic mass is 16.7. The van der Waals surface area contributed by atoms with Crippen LogP contribution in [0.3, 0.4) is 0 Å². The van der Waals surface area contributed by atoms with Crippen molar-refractivity contribution in [1.29, 1.82) is 0 Å². The molecule has 22 heavy (non-hydrogen) atoms. The number of H-pyrrole nitrogens is 1. The molecule has 2 N–H and O–H groups in total. The van der Waals surface area contributed by atoms with Gasteiger partial charge < -0.3 is 9.82 Å². The maximum atomic E-state index is 12.0. The number of carbonyl (C=O) groups is 4. The fourth-order valence-electron chi connectivity index (χ4n) is 1.87. The number of nitrogens with zero attached hydrogens (tertiary/aromatic N) is 2. The molecule has 9 nitrogen and oxygen atoms in total. The molecule has 1 aliphatic heterocycles. The quantitative estimate of drug-likeness (QED) is 0.599. The average Bonchev–Trinajstić information content (AvgIpc) is 3.10. The van der Waals surface area contributed by atoms with Crippen molar-refractivity contribution in [3.8, 4) is 0 Å². The maximum Gasteiger partial charge on any atom is 0.422 e. The van der Waals surface area contributed by atoms with E-state index in [1.165, 1.54) is 24.5 Å². The molecule has 0 bridgehead atoms. The van der Waals surface area contributed by atoms with Gasteiger partial charge in [-0.3, -0.25) is 19.7 Å². The third-order valence-electron chi connectivity index (χ3n) is 2.85. The minimum atomic E-state index is -1.41. The van der Waals surface area contributed by atoms with Crippen LogP contribution in [0.5, 0.6) is 0 Å². The topological polar surface area (TPSA) is 121 Å². The van der Waals surface area contributed by atoms with E-state index in [4.69, 9.17) is 0 Å². The van der Waals surface area contributed by atoms with Crippen LogP contribution in [0, 0.1) is 0 Å². The van der Waals surface area contributed by atoms with Gasteiger partial charge in [0, 0.05) is 12.4 Å². The third-order valence-corrected chi connectivity index (χ3v) is 2.85. The molecule has 2 heterocycles. The standard InChI is InChI=1S/C13H8N4O5/c18-9(16-13-14-5-6-15-13)12(21)22-17-10(19)7-3-1-2-4-8(7)11(17)20/h1-6H,(H2,14,15,16,18). The first-order valence-corrected chi connectivity index (χ1v) is 6.08. The minimum Gasteiger partial charge on any atom is -0.331 e. The van der Waals surface area contributed by atoms with Gasteiger partial charge in [-0.1, -0.05) is 17.2 Å². The van der Waals surface area contributed by atoms with E-state index in [0.29, 0.717) is 0 Å². The van der Waals surface area contributed by atoms with E-state index in [-0.39, 0.29) is 22.1 Å². The summed E-state index contributed by atoms with van der Waals surface area (Å²) in [6, 6.07) is 5.98. The van der Waals surface area contributed by atoms with Gasteiger partial charge in [0.15, 0.2) is 0 Å². The Morgan fingerprint density at radius 1 is 1.14 bits per heavy atom. The first kappa shape index (κ1) is 13.5. The number of aromatic nitrogens is 2. The highest BCUT2D eigenvalue weighted by Crippen LogP contribution is 2.22. The largest absolute Gasteiger partial charge is 0.422 e. The van der Waals surface area contributed by atoms with Crippen LogP contribution in [0.4, 0.5) is 5.95 Å². The van der Waals surface area contributed by atoms with Crippen molar-refractivity contribution in [3.05, 3.63) is 47.8 Å². The van der Waals surface area contributed by atoms with Gasteiger partial charge in [-0.15, -0.1) is 0 Å². The van der Waals surface area contributed by atoms with Crippen molar-refractivity contribution >= 4 is 29.6 Å². The summed E-state index contributed by atoms with van der Waals surface area (Å²) in [5.41, 5.74) is 0.207. The van der Waals surface area contributed by atoms with Crippen molar-refractivity contribution in [3.63, 3.8) is 0 Å². The van der Waals surface area contributed by atoms with Crippen molar-refractivity contribution in [2.24, 2.45) is 0 Å². The van der Waals surface area contributed by atoms with Gasteiger partial charge in [0.1, 0.15) is 0 Å². The number of aromatic amines is 1. The third kappa shape index (κ3) is 2.20. The van der Waals surface area contributed by atoms with Crippen LogP contribution in [-0.2, 0) is 14.4 Å². The normalized spacial score (nSPS) is 13.0. The Bertz CT molecular complexity index is 748. The lowest BCUT2D eigenvalue weighted by Crippen LogP contribution is -2.37. The molecule has 9 heteroatoms. The van der Waals surface area contributed by atoms with Gasteiger partial charge in [0.25, 0.3) is 11.8 Å². The van der Waals surface area contributed by atoms with Crippen molar-refractivity contribution in [2.45, 2.75) is 0 Å². The van der Waals surface area contributed by atoms with E-state index in [1.807, 2.05) is 0 Å². The number of hydrogen-bond acceptors (Lipinski definition) is 6. The second-order valence-electron chi connectivity index (χ2n) is 4.22. The second kappa shape index (κ2) is 5.13. The number of fused-ring (bicyclic) bond motifs is 1. The smallest absolute Gasteiger partial charge is 0.331 e. The number of hydroxylamine groups is 2. The number of carbonyl (C=O) groups excluding carboxylic acids is 4. The SMILES string of the molecule is O=C(Nc1ncc[nH]1)C(=O)ON1C(=O)c2ccccc2C1=O. The molecule has 0 radical (unpaired) electrons. The Morgan fingerprint density at radius 2 is 1.77 bits per heavy atom. The molecule has 0 aliphatic carbocycles. The molecule has 0 saturated carbocycles. The first-order valence-electron chi connectivity index (χ1n) is 6.08. The van der Waals surface area contributed by atoms with Crippen LogP contribution in [0.1, 0.15) is 20.7 Å². The number of amides is 3. The van der Waals surface area contributed by atoms with Crippen LogP contribution in [0.15, 0.2) is 36.7 Å². The highest BCUT2D eigenvalue weighted by molar-refractivity contribution is 6.37. The summed E-state index contributed by atoms with van der Waals surface area (Å²) < 4.78 is 0. The highest BCUT2D eigenvalue weighted by Gasteiger charge is 2.39. The van der Waals surface area contributed by atoms with Crippen LogP contribution in [0.25, 0.3) is 0 Å². The van der Waals surface area contributed by atoms with E-state index in [2.05, 4.69) is 20.1 Å². The van der Waals surface area contributed by atoms with Crippen LogP contribution in [-0.4, -0.2) is 38.7 Å². The lowest BCUT2D eigenvalue weighted by molar-refractivity contribution is -0.172. The summed E-state index contributed by atoms with van der Waals surface area (Å²) in [6.45, 7) is 0. The van der Waals surface area contributed by atoms with Gasteiger partial charge in [-0.25, -0.2) is 9.78 Å². The monoisotopic (exact) mass is 300 g/mol. The Kier molecular flexibility index (Phi) is 3.14. The second-order valence-corrected chi connectivity index (χ2v) is 4.22. The molecule has 1 aliphatic rings. The summed E-state index contributed by atoms with van der Waals surface area (Å²) in [6.07, 6.45) is 2.80. The van der Waals surface area contributed by atoms with Gasteiger partial charge in [0.05, 0.1) is 11.1 Å². The van der Waals surface area contributed by atoms with E-state index < -0.39 is 23.7 Å². The zero-order valence-electron chi connectivity index (χ0n) is 10.9. The van der Waals surface area contributed by atoms with Gasteiger partial charge >= 0.3 is 11.9 Å². The van der Waals surface area contributed by atoms with Gasteiger partial charge in [-0.2, -0.15) is 0 Å². The molecule has 2 aromatic rings. The van der Waals surface area contributed by atoms with Crippen LogP contribution < -0.4 is 5.32 Å². The number of benzene rings is 1. The number of imidazole rings is 1. The number of nitrogens with one attached hydrogen (secondary N) is 2. The predicted octanol–water partition coefficient (Wildman–Crippen LogP) is 0.103. The summed E-state index contributed by atoms with van der Waals surface area (Å²) in [4.78, 5) is 58.0. The lowest BCUT2D eigenvalue weighted by atomic mass is 10.1. The van der Waals surface area contributed by atoms with E-state index in [0.717, 1.165) is 0 Å². The maximum absolute atomic E-state index is 12.0. The summed E-state index contributed by atoms with van der Waals surface area (Å²) >= 11 is 0. The molecule has 3 amide bonds. The number of rotatable bonds is 2. The molecule has 0 unspecified atom stereocenters. The van der Waals surface area contributed by atoms with E-state index >= 15 is 0 Å². The molecule has 0 spiro atoms. The van der Waals surface area contributed by atoms with Crippen LogP contribution in [0.2, 0.25) is 0 Å². The summed E-state index contributed by atoms with van der Waals surface area (Å²) in [7, 11) is 0. The first-order chi connectivity index (χ1) is 10.6. The summed E-state index contributed by atoms with van der Waals surface area (Å²) in [5.74, 6) is -4.17. The zero-order chi connectivity index (χ0) is 15.7. The van der Waals surface area contributed by atoms with Gasteiger partial charge in [0.2, 0.25) is 5.95 Å². The number of imide groups is 1. The molecule has 1 aromatic carbocycles. The number of hydrogen-bond donors (Lipinski definition) is 2. The Labute approximate surface area is 122 Å². The molecule has 110 valence electrons.